The molecule has 0 unspecified atom stereocenters. The SMILES string of the molecule is COc1ccc(C[C@H]2SC(=S)N(CCCc3ccccc3)C2=O)cc1. The maximum Gasteiger partial charge on any atom is 0.241 e. The summed E-state index contributed by atoms with van der Waals surface area (Å²) in [5, 5.41) is -0.113. The van der Waals surface area contributed by atoms with Gasteiger partial charge in [0, 0.05) is 6.54 Å². The molecule has 0 N–H and O–H groups in total. The van der Waals surface area contributed by atoms with Gasteiger partial charge in [-0.2, -0.15) is 0 Å². The Bertz CT molecular complexity index is 731. The van der Waals surface area contributed by atoms with E-state index in [-0.39, 0.29) is 11.2 Å². The van der Waals surface area contributed by atoms with E-state index in [4.69, 9.17) is 17.0 Å². The van der Waals surface area contributed by atoms with Crippen molar-refractivity contribution in [1.82, 2.24) is 4.90 Å². The van der Waals surface area contributed by atoms with Crippen LogP contribution in [0.2, 0.25) is 0 Å². The highest BCUT2D eigenvalue weighted by molar-refractivity contribution is 8.24. The fourth-order valence-corrected chi connectivity index (χ4v) is 4.48. The first kappa shape index (κ1) is 18.0. The molecule has 130 valence electrons. The summed E-state index contributed by atoms with van der Waals surface area (Å²) in [6.07, 6.45) is 2.58. The molecule has 1 aliphatic heterocycles. The Morgan fingerprint density at radius 2 is 1.80 bits per heavy atom. The third kappa shape index (κ3) is 4.61. The zero-order valence-electron chi connectivity index (χ0n) is 14.2. The molecule has 25 heavy (non-hydrogen) atoms. The Morgan fingerprint density at radius 3 is 2.48 bits per heavy atom. The van der Waals surface area contributed by atoms with E-state index >= 15 is 0 Å². The van der Waals surface area contributed by atoms with E-state index in [0.29, 0.717) is 17.3 Å². The summed E-state index contributed by atoms with van der Waals surface area (Å²) < 4.78 is 5.88. The van der Waals surface area contributed by atoms with Gasteiger partial charge in [0.2, 0.25) is 5.91 Å². The number of thioether (sulfide) groups is 1. The van der Waals surface area contributed by atoms with Gasteiger partial charge in [-0.1, -0.05) is 66.4 Å². The molecule has 1 heterocycles. The predicted octanol–water partition coefficient (Wildman–Crippen LogP) is 4.10. The van der Waals surface area contributed by atoms with Gasteiger partial charge in [0.1, 0.15) is 10.1 Å². The van der Waals surface area contributed by atoms with Crippen molar-refractivity contribution < 1.29 is 9.53 Å². The number of ether oxygens (including phenoxy) is 1. The molecule has 5 heteroatoms. The average Bonchev–Trinajstić information content (AvgIpc) is 2.90. The Morgan fingerprint density at radius 1 is 1.08 bits per heavy atom. The molecule has 2 aromatic carbocycles. The van der Waals surface area contributed by atoms with Crippen LogP contribution in [-0.2, 0) is 17.6 Å². The minimum atomic E-state index is -0.113. The third-order valence-corrected chi connectivity index (χ3v) is 5.86. The van der Waals surface area contributed by atoms with Crippen LogP contribution in [-0.4, -0.2) is 34.0 Å². The molecule has 1 fully saturated rings. The number of benzene rings is 2. The summed E-state index contributed by atoms with van der Waals surface area (Å²) in [4.78, 5) is 14.5. The van der Waals surface area contributed by atoms with Gasteiger partial charge in [-0.3, -0.25) is 9.69 Å². The normalized spacial score (nSPS) is 17.2. The van der Waals surface area contributed by atoms with Gasteiger partial charge in [-0.05, 0) is 42.5 Å². The number of thiocarbonyl (C=S) groups is 1. The van der Waals surface area contributed by atoms with Gasteiger partial charge >= 0.3 is 0 Å². The first-order chi connectivity index (χ1) is 12.2. The van der Waals surface area contributed by atoms with Gasteiger partial charge in [0.05, 0.1) is 12.4 Å². The molecule has 3 rings (SSSR count). The number of rotatable bonds is 7. The van der Waals surface area contributed by atoms with Crippen LogP contribution < -0.4 is 4.74 Å². The predicted molar refractivity (Wildman–Crippen MR) is 107 cm³/mol. The molecular weight excluding hydrogens is 350 g/mol. The second-order valence-corrected chi connectivity index (χ2v) is 7.84. The van der Waals surface area contributed by atoms with Crippen LogP contribution in [0.4, 0.5) is 0 Å². The second-order valence-electron chi connectivity index (χ2n) is 6.00. The van der Waals surface area contributed by atoms with Crippen LogP contribution in [0.5, 0.6) is 5.75 Å². The standard InChI is InChI=1S/C20H21NO2S2/c1-23-17-11-9-16(10-12-17)14-18-19(22)21(20(24)25-18)13-5-8-15-6-3-2-4-7-15/h2-4,6-7,9-12,18H,5,8,13-14H2,1H3/t18-/m1/s1. The molecule has 0 bridgehead atoms. The van der Waals surface area contributed by atoms with Crippen molar-refractivity contribution in [3.05, 3.63) is 65.7 Å². The second kappa shape index (κ2) is 8.50. The Hall–Kier alpha value is -1.85. The van der Waals surface area contributed by atoms with E-state index in [9.17, 15) is 4.79 Å². The molecule has 3 nitrogen and oxygen atoms in total. The van der Waals surface area contributed by atoms with Crippen LogP contribution in [0.1, 0.15) is 17.5 Å². The van der Waals surface area contributed by atoms with Crippen molar-refractivity contribution in [1.29, 1.82) is 0 Å². The van der Waals surface area contributed by atoms with Crippen molar-refractivity contribution in [2.75, 3.05) is 13.7 Å². The summed E-state index contributed by atoms with van der Waals surface area (Å²) >= 11 is 6.94. The van der Waals surface area contributed by atoms with Crippen LogP contribution in [0.25, 0.3) is 0 Å². The minimum absolute atomic E-state index is 0.113. The van der Waals surface area contributed by atoms with Gasteiger partial charge in [0.25, 0.3) is 0 Å². The van der Waals surface area contributed by atoms with Crippen molar-refractivity contribution in [3.8, 4) is 5.75 Å². The molecular formula is C20H21NO2S2. The van der Waals surface area contributed by atoms with Crippen LogP contribution in [0.3, 0.4) is 0 Å². The lowest BCUT2D eigenvalue weighted by molar-refractivity contribution is -0.126. The van der Waals surface area contributed by atoms with Gasteiger partial charge < -0.3 is 4.74 Å². The van der Waals surface area contributed by atoms with Crippen LogP contribution >= 0.6 is 24.0 Å². The van der Waals surface area contributed by atoms with Gasteiger partial charge in [0.15, 0.2) is 0 Å². The Kier molecular flexibility index (Phi) is 6.10. The summed E-state index contributed by atoms with van der Waals surface area (Å²) in [5.74, 6) is 0.964. The van der Waals surface area contributed by atoms with Crippen LogP contribution in [0.15, 0.2) is 54.6 Å². The van der Waals surface area contributed by atoms with E-state index < -0.39 is 0 Å². The fourth-order valence-electron chi connectivity index (χ4n) is 2.89. The third-order valence-electron chi connectivity index (χ3n) is 4.28. The molecule has 0 radical (unpaired) electrons. The quantitative estimate of drug-likeness (QED) is 0.686. The Labute approximate surface area is 158 Å². The maximum absolute atomic E-state index is 12.7. The van der Waals surface area contributed by atoms with E-state index in [2.05, 4.69) is 12.1 Å². The molecule has 1 amide bonds. The first-order valence-electron chi connectivity index (χ1n) is 8.36. The summed E-state index contributed by atoms with van der Waals surface area (Å²) in [5.41, 5.74) is 2.42. The lowest BCUT2D eigenvalue weighted by atomic mass is 10.1. The summed E-state index contributed by atoms with van der Waals surface area (Å²) in [6, 6.07) is 18.2. The topological polar surface area (TPSA) is 29.5 Å². The largest absolute Gasteiger partial charge is 0.497 e. The van der Waals surface area contributed by atoms with Gasteiger partial charge in [-0.15, -0.1) is 0 Å². The number of aryl methyl sites for hydroxylation is 1. The molecule has 0 saturated carbocycles. The molecule has 1 atom stereocenters. The Balaban J connectivity index is 1.54. The highest BCUT2D eigenvalue weighted by atomic mass is 32.2. The number of amides is 1. The molecule has 0 aromatic heterocycles. The van der Waals surface area contributed by atoms with Crippen LogP contribution in [0, 0.1) is 0 Å². The zero-order chi connectivity index (χ0) is 17.6. The fraction of sp³-hybridized carbons (Fsp3) is 0.300. The lowest BCUT2D eigenvalue weighted by Gasteiger charge is -2.15. The van der Waals surface area contributed by atoms with Crippen molar-refractivity contribution in [2.45, 2.75) is 24.5 Å². The average molecular weight is 372 g/mol. The van der Waals surface area contributed by atoms with E-state index in [1.807, 2.05) is 42.5 Å². The highest BCUT2D eigenvalue weighted by Crippen LogP contribution is 2.30. The number of carbonyl (C=O) groups is 1. The highest BCUT2D eigenvalue weighted by Gasteiger charge is 2.36. The minimum Gasteiger partial charge on any atom is -0.497 e. The molecule has 2 aromatic rings. The first-order valence-corrected chi connectivity index (χ1v) is 9.65. The van der Waals surface area contributed by atoms with E-state index in [1.54, 1.807) is 12.0 Å². The van der Waals surface area contributed by atoms with Gasteiger partial charge in [-0.25, -0.2) is 0 Å². The smallest absolute Gasteiger partial charge is 0.241 e. The van der Waals surface area contributed by atoms with E-state index in [0.717, 1.165) is 24.2 Å². The maximum atomic E-state index is 12.7. The molecule has 0 aliphatic carbocycles. The van der Waals surface area contributed by atoms with Crippen molar-refractivity contribution in [2.24, 2.45) is 0 Å². The molecule has 1 aliphatic rings. The molecule has 1 saturated heterocycles. The molecule has 0 spiro atoms. The monoisotopic (exact) mass is 371 g/mol. The number of hydrogen-bond acceptors (Lipinski definition) is 4. The number of nitrogens with zero attached hydrogens (tertiary/aromatic N) is 1. The van der Waals surface area contributed by atoms with E-state index in [1.165, 1.54) is 17.3 Å². The van der Waals surface area contributed by atoms with Crippen molar-refractivity contribution in [3.63, 3.8) is 0 Å². The summed E-state index contributed by atoms with van der Waals surface area (Å²) in [6.45, 7) is 0.693. The number of hydrogen-bond donors (Lipinski definition) is 0. The number of methoxy groups -OCH3 is 1. The lowest BCUT2D eigenvalue weighted by Crippen LogP contribution is -2.33. The zero-order valence-corrected chi connectivity index (χ0v) is 15.8. The van der Waals surface area contributed by atoms with Crippen molar-refractivity contribution >= 4 is 34.2 Å². The number of carbonyl (C=O) groups excluding carboxylic acids is 1. The summed E-state index contributed by atoms with van der Waals surface area (Å²) in [7, 11) is 1.65.